The van der Waals surface area contributed by atoms with E-state index in [0.29, 0.717) is 22.4 Å². The van der Waals surface area contributed by atoms with Crippen molar-refractivity contribution in [3.63, 3.8) is 0 Å². The lowest BCUT2D eigenvalue weighted by atomic mass is 9.84. The first-order valence-electron chi connectivity index (χ1n) is 8.31. The Balaban J connectivity index is 1.90. The van der Waals surface area contributed by atoms with E-state index in [1.165, 1.54) is 24.3 Å². The molecule has 1 aliphatic rings. The molecule has 0 amide bonds. The van der Waals surface area contributed by atoms with Crippen molar-refractivity contribution in [3.05, 3.63) is 106 Å². The molecule has 132 valence electrons. The zero-order valence-corrected chi connectivity index (χ0v) is 14.1. The maximum Gasteiger partial charge on any atom is 0.269 e. The number of carbonyl (C=O) groups excluding carboxylic acids is 2. The number of hydrogen-bond donors (Lipinski definition) is 1. The van der Waals surface area contributed by atoms with Crippen molar-refractivity contribution >= 4 is 22.9 Å². The fourth-order valence-electron chi connectivity index (χ4n) is 3.41. The summed E-state index contributed by atoms with van der Waals surface area (Å²) in [4.78, 5) is 37.1. The molecule has 0 heterocycles. The number of carbonyl (C=O) groups is 2. The summed E-state index contributed by atoms with van der Waals surface area (Å²) in [5.74, 6) is -0.749. The van der Waals surface area contributed by atoms with Crippen LogP contribution in [0.2, 0.25) is 0 Å². The summed E-state index contributed by atoms with van der Waals surface area (Å²) in [5, 5.41) is 14.1. The van der Waals surface area contributed by atoms with Crippen LogP contribution in [0.1, 0.15) is 26.3 Å². The smallest absolute Gasteiger partial charge is 0.269 e. The van der Waals surface area contributed by atoms with E-state index in [9.17, 15) is 19.7 Å². The van der Waals surface area contributed by atoms with E-state index < -0.39 is 10.5 Å². The van der Waals surface area contributed by atoms with Gasteiger partial charge in [-0.05, 0) is 29.8 Å². The number of para-hydroxylation sites is 1. The third-order valence-corrected chi connectivity index (χ3v) is 4.71. The van der Waals surface area contributed by atoms with E-state index in [1.807, 2.05) is 6.07 Å². The van der Waals surface area contributed by atoms with Crippen LogP contribution in [-0.2, 0) is 5.54 Å². The monoisotopic (exact) mass is 358 g/mol. The summed E-state index contributed by atoms with van der Waals surface area (Å²) in [6.45, 7) is 0. The SMILES string of the molecule is O=C1c2ccccc2C(=O)C1(Nc1ccccc1)c1ccc([N+](=O)[O-])cc1. The Bertz CT molecular complexity index is 1020. The molecule has 0 bridgehead atoms. The van der Waals surface area contributed by atoms with Gasteiger partial charge in [-0.15, -0.1) is 0 Å². The van der Waals surface area contributed by atoms with Gasteiger partial charge in [0.15, 0.2) is 5.54 Å². The molecule has 27 heavy (non-hydrogen) atoms. The topological polar surface area (TPSA) is 89.3 Å². The van der Waals surface area contributed by atoms with Crippen LogP contribution in [0.4, 0.5) is 11.4 Å². The number of hydrogen-bond acceptors (Lipinski definition) is 5. The quantitative estimate of drug-likeness (QED) is 0.433. The molecule has 6 nitrogen and oxygen atoms in total. The molecule has 1 N–H and O–H groups in total. The Morgan fingerprint density at radius 3 is 1.78 bits per heavy atom. The van der Waals surface area contributed by atoms with Gasteiger partial charge in [-0.3, -0.25) is 19.7 Å². The lowest BCUT2D eigenvalue weighted by Crippen LogP contribution is -2.46. The number of fused-ring (bicyclic) bond motifs is 1. The van der Waals surface area contributed by atoms with Gasteiger partial charge in [-0.25, -0.2) is 0 Å². The summed E-state index contributed by atoms with van der Waals surface area (Å²) in [5.41, 5.74) is -0.119. The molecule has 3 aromatic carbocycles. The van der Waals surface area contributed by atoms with E-state index in [-0.39, 0.29) is 17.3 Å². The fraction of sp³-hybridized carbons (Fsp3) is 0.0476. The van der Waals surface area contributed by atoms with Crippen molar-refractivity contribution in [2.24, 2.45) is 0 Å². The standard InChI is InChI=1S/C21H14N2O4/c24-19-17-8-4-5-9-18(17)20(25)21(19,22-15-6-2-1-3-7-15)14-10-12-16(13-11-14)23(26)27/h1-13,22H. The van der Waals surface area contributed by atoms with Crippen molar-refractivity contribution in [2.75, 3.05) is 5.32 Å². The van der Waals surface area contributed by atoms with E-state index in [4.69, 9.17) is 0 Å². The van der Waals surface area contributed by atoms with E-state index in [2.05, 4.69) is 5.32 Å². The van der Waals surface area contributed by atoms with Crippen molar-refractivity contribution in [2.45, 2.75) is 5.54 Å². The van der Waals surface area contributed by atoms with Crippen LogP contribution in [0, 0.1) is 10.1 Å². The van der Waals surface area contributed by atoms with E-state index in [1.54, 1.807) is 48.5 Å². The van der Waals surface area contributed by atoms with E-state index >= 15 is 0 Å². The Labute approximate surface area is 154 Å². The second-order valence-electron chi connectivity index (χ2n) is 6.25. The molecule has 0 aromatic heterocycles. The molecule has 0 aliphatic heterocycles. The van der Waals surface area contributed by atoms with Crippen molar-refractivity contribution in [1.82, 2.24) is 0 Å². The van der Waals surface area contributed by atoms with Crippen LogP contribution in [0.25, 0.3) is 0 Å². The van der Waals surface area contributed by atoms with Crippen LogP contribution >= 0.6 is 0 Å². The van der Waals surface area contributed by atoms with Gasteiger partial charge in [0.25, 0.3) is 5.69 Å². The number of rotatable bonds is 4. The maximum atomic E-state index is 13.3. The van der Waals surface area contributed by atoms with Crippen molar-refractivity contribution in [3.8, 4) is 0 Å². The van der Waals surface area contributed by atoms with Crippen LogP contribution < -0.4 is 5.32 Å². The van der Waals surface area contributed by atoms with Gasteiger partial charge in [-0.2, -0.15) is 0 Å². The summed E-state index contributed by atoms with van der Waals surface area (Å²) in [6, 6.07) is 21.1. The predicted molar refractivity (Wildman–Crippen MR) is 99.9 cm³/mol. The zero-order valence-electron chi connectivity index (χ0n) is 14.1. The minimum atomic E-state index is -1.65. The number of non-ortho nitro benzene ring substituents is 1. The van der Waals surface area contributed by atoms with Crippen LogP contribution in [0.5, 0.6) is 0 Å². The maximum absolute atomic E-state index is 13.3. The summed E-state index contributed by atoms with van der Waals surface area (Å²) < 4.78 is 0. The molecule has 0 unspecified atom stereocenters. The second-order valence-corrected chi connectivity index (χ2v) is 6.25. The summed E-state index contributed by atoms with van der Waals surface area (Å²) in [7, 11) is 0. The highest BCUT2D eigenvalue weighted by Crippen LogP contribution is 2.40. The van der Waals surface area contributed by atoms with Crippen LogP contribution in [0.3, 0.4) is 0 Å². The molecule has 0 atom stereocenters. The molecule has 3 aromatic rings. The molecule has 0 saturated carbocycles. The Kier molecular flexibility index (Phi) is 3.81. The molecule has 0 spiro atoms. The van der Waals surface area contributed by atoms with Gasteiger partial charge in [-0.1, -0.05) is 42.5 Å². The van der Waals surface area contributed by atoms with Gasteiger partial charge in [0.2, 0.25) is 11.6 Å². The van der Waals surface area contributed by atoms with Gasteiger partial charge in [0.05, 0.1) is 4.92 Å². The number of Topliss-reactive ketones (excluding diaryl/α,β-unsaturated/α-hetero) is 2. The van der Waals surface area contributed by atoms with E-state index in [0.717, 1.165) is 0 Å². The lowest BCUT2D eigenvalue weighted by Gasteiger charge is -2.29. The molecular weight excluding hydrogens is 344 g/mol. The highest BCUT2D eigenvalue weighted by Gasteiger charge is 2.54. The molecule has 6 heteroatoms. The first kappa shape index (κ1) is 16.7. The van der Waals surface area contributed by atoms with Gasteiger partial charge >= 0.3 is 0 Å². The molecule has 0 radical (unpaired) electrons. The predicted octanol–water partition coefficient (Wildman–Crippen LogP) is 3.98. The Morgan fingerprint density at radius 1 is 0.741 bits per heavy atom. The highest BCUT2D eigenvalue weighted by molar-refractivity contribution is 6.34. The minimum Gasteiger partial charge on any atom is -0.363 e. The molecule has 1 aliphatic carbocycles. The number of nitrogens with one attached hydrogen (secondary N) is 1. The fourth-order valence-corrected chi connectivity index (χ4v) is 3.41. The number of benzene rings is 3. The van der Waals surface area contributed by atoms with Crippen LogP contribution in [-0.4, -0.2) is 16.5 Å². The largest absolute Gasteiger partial charge is 0.363 e. The third kappa shape index (κ3) is 2.50. The highest BCUT2D eigenvalue weighted by atomic mass is 16.6. The second kappa shape index (κ2) is 6.17. The average molecular weight is 358 g/mol. The van der Waals surface area contributed by atoms with Gasteiger partial charge < -0.3 is 5.32 Å². The summed E-state index contributed by atoms with van der Waals surface area (Å²) in [6.07, 6.45) is 0. The average Bonchev–Trinajstić information content (AvgIpc) is 2.92. The third-order valence-electron chi connectivity index (χ3n) is 4.71. The normalized spacial score (nSPS) is 14.7. The van der Waals surface area contributed by atoms with Crippen LogP contribution in [0.15, 0.2) is 78.9 Å². The van der Waals surface area contributed by atoms with Crippen molar-refractivity contribution < 1.29 is 14.5 Å². The first-order chi connectivity index (χ1) is 13.0. The lowest BCUT2D eigenvalue weighted by molar-refractivity contribution is -0.384. The zero-order chi connectivity index (χ0) is 19.0. The summed E-state index contributed by atoms with van der Waals surface area (Å²) >= 11 is 0. The number of nitro groups is 1. The molecule has 0 saturated heterocycles. The Hall–Kier alpha value is -3.80. The Morgan fingerprint density at radius 2 is 1.26 bits per heavy atom. The number of nitrogens with zero attached hydrogens (tertiary/aromatic N) is 1. The number of anilines is 1. The van der Waals surface area contributed by atoms with Gasteiger partial charge in [0.1, 0.15) is 0 Å². The van der Waals surface area contributed by atoms with Crippen molar-refractivity contribution in [1.29, 1.82) is 0 Å². The number of nitro benzene ring substituents is 1. The molecule has 0 fully saturated rings. The number of ketones is 2. The molecular formula is C21H14N2O4. The molecule has 4 rings (SSSR count). The van der Waals surface area contributed by atoms with Gasteiger partial charge in [0, 0.05) is 28.9 Å². The minimum absolute atomic E-state index is 0.107. The first-order valence-corrected chi connectivity index (χ1v) is 8.31.